The summed E-state index contributed by atoms with van der Waals surface area (Å²) < 4.78 is 10.7. The molecule has 0 saturated carbocycles. The summed E-state index contributed by atoms with van der Waals surface area (Å²) in [7, 11) is 1.62. The van der Waals surface area contributed by atoms with Crippen LogP contribution in [0, 0.1) is 6.92 Å². The number of pyridine rings is 1. The van der Waals surface area contributed by atoms with E-state index in [9.17, 15) is 0 Å². The van der Waals surface area contributed by atoms with Gasteiger partial charge in [-0.05, 0) is 17.7 Å². The van der Waals surface area contributed by atoms with Gasteiger partial charge in [-0.25, -0.2) is 0 Å². The van der Waals surface area contributed by atoms with Crippen molar-refractivity contribution in [2.24, 2.45) is 0 Å². The molecule has 2 aromatic heterocycles. The number of nitrogens with zero attached hydrogens (tertiary/aromatic N) is 3. The van der Waals surface area contributed by atoms with Crippen molar-refractivity contribution < 1.29 is 9.15 Å². The normalized spacial score (nSPS) is 10.5. The van der Waals surface area contributed by atoms with Gasteiger partial charge in [0.25, 0.3) is 0 Å². The largest absolute Gasteiger partial charge is 0.495 e. The van der Waals surface area contributed by atoms with Crippen LogP contribution in [0.5, 0.6) is 5.75 Å². The van der Waals surface area contributed by atoms with E-state index in [1.165, 1.54) is 0 Å². The topological polar surface area (TPSA) is 61.0 Å². The highest BCUT2D eigenvalue weighted by Crippen LogP contribution is 2.32. The van der Waals surface area contributed by atoms with Crippen LogP contribution >= 0.6 is 0 Å². The zero-order valence-corrected chi connectivity index (χ0v) is 11.2. The summed E-state index contributed by atoms with van der Waals surface area (Å²) in [6.45, 7) is 1.77. The SMILES string of the molecule is COc1cncc(-c2ccccc2-c2nnc(C)o2)c1. The van der Waals surface area contributed by atoms with Crippen LogP contribution in [-0.2, 0) is 0 Å². The number of methoxy groups -OCH3 is 1. The number of rotatable bonds is 3. The van der Waals surface area contributed by atoms with Crippen molar-refractivity contribution in [2.75, 3.05) is 7.11 Å². The van der Waals surface area contributed by atoms with Crippen LogP contribution in [0.3, 0.4) is 0 Å². The van der Waals surface area contributed by atoms with Gasteiger partial charge in [-0.1, -0.05) is 18.2 Å². The average molecular weight is 267 g/mol. The molecule has 20 heavy (non-hydrogen) atoms. The van der Waals surface area contributed by atoms with E-state index in [1.807, 2.05) is 30.3 Å². The second-order valence-electron chi connectivity index (χ2n) is 4.29. The molecular formula is C15H13N3O2. The Hall–Kier alpha value is -2.69. The van der Waals surface area contributed by atoms with E-state index in [-0.39, 0.29) is 0 Å². The minimum absolute atomic E-state index is 0.501. The van der Waals surface area contributed by atoms with Crippen molar-refractivity contribution in [1.29, 1.82) is 0 Å². The molecule has 0 N–H and O–H groups in total. The van der Waals surface area contributed by atoms with Crippen LogP contribution in [0.1, 0.15) is 5.89 Å². The van der Waals surface area contributed by atoms with Gasteiger partial charge in [0, 0.05) is 24.2 Å². The standard InChI is InChI=1S/C15H13N3O2/c1-10-17-18-15(20-10)14-6-4-3-5-13(14)11-7-12(19-2)9-16-8-11/h3-9H,1-2H3. The second-order valence-corrected chi connectivity index (χ2v) is 4.29. The molecule has 1 aromatic carbocycles. The fraction of sp³-hybridized carbons (Fsp3) is 0.133. The van der Waals surface area contributed by atoms with Crippen LogP contribution < -0.4 is 4.74 Å². The molecule has 3 aromatic rings. The molecule has 100 valence electrons. The number of hydrogen-bond donors (Lipinski definition) is 0. The zero-order chi connectivity index (χ0) is 13.9. The van der Waals surface area contributed by atoms with E-state index >= 15 is 0 Å². The molecule has 0 aliphatic carbocycles. The highest BCUT2D eigenvalue weighted by atomic mass is 16.5. The van der Waals surface area contributed by atoms with E-state index in [1.54, 1.807) is 26.4 Å². The molecule has 5 heteroatoms. The van der Waals surface area contributed by atoms with E-state index in [4.69, 9.17) is 9.15 Å². The maximum atomic E-state index is 5.51. The molecule has 5 nitrogen and oxygen atoms in total. The van der Waals surface area contributed by atoms with Crippen molar-refractivity contribution in [3.05, 3.63) is 48.6 Å². The molecule has 3 rings (SSSR count). The van der Waals surface area contributed by atoms with E-state index in [0.717, 1.165) is 16.7 Å². The van der Waals surface area contributed by atoms with Gasteiger partial charge in [-0.15, -0.1) is 10.2 Å². The molecule has 0 fully saturated rings. The molecular weight excluding hydrogens is 254 g/mol. The minimum Gasteiger partial charge on any atom is -0.495 e. The number of benzene rings is 1. The molecule has 0 spiro atoms. The molecule has 0 aliphatic heterocycles. The van der Waals surface area contributed by atoms with Crippen LogP contribution in [0.25, 0.3) is 22.6 Å². The summed E-state index contributed by atoms with van der Waals surface area (Å²) in [5.41, 5.74) is 2.79. The van der Waals surface area contributed by atoms with Crippen molar-refractivity contribution in [1.82, 2.24) is 15.2 Å². The Morgan fingerprint density at radius 1 is 1.05 bits per heavy atom. The van der Waals surface area contributed by atoms with Crippen LogP contribution in [0.2, 0.25) is 0 Å². The monoisotopic (exact) mass is 267 g/mol. The van der Waals surface area contributed by atoms with Gasteiger partial charge >= 0.3 is 0 Å². The Morgan fingerprint density at radius 3 is 2.55 bits per heavy atom. The zero-order valence-electron chi connectivity index (χ0n) is 11.2. The number of aryl methyl sites for hydroxylation is 1. The Bertz CT molecular complexity index is 737. The lowest BCUT2D eigenvalue weighted by Gasteiger charge is -2.07. The van der Waals surface area contributed by atoms with Gasteiger partial charge < -0.3 is 9.15 Å². The summed E-state index contributed by atoms with van der Waals surface area (Å²) >= 11 is 0. The second kappa shape index (κ2) is 5.13. The third-order valence-electron chi connectivity index (χ3n) is 2.94. The van der Waals surface area contributed by atoms with Gasteiger partial charge in [0.1, 0.15) is 5.75 Å². The summed E-state index contributed by atoms with van der Waals surface area (Å²) in [4.78, 5) is 4.18. The van der Waals surface area contributed by atoms with Crippen LogP contribution in [0.15, 0.2) is 47.1 Å². The Balaban J connectivity index is 2.14. The van der Waals surface area contributed by atoms with Crippen molar-refractivity contribution in [3.63, 3.8) is 0 Å². The molecule has 2 heterocycles. The smallest absolute Gasteiger partial charge is 0.248 e. The number of ether oxygens (including phenoxy) is 1. The Morgan fingerprint density at radius 2 is 1.85 bits per heavy atom. The van der Waals surface area contributed by atoms with Crippen LogP contribution in [-0.4, -0.2) is 22.3 Å². The van der Waals surface area contributed by atoms with E-state index < -0.39 is 0 Å². The maximum absolute atomic E-state index is 5.51. The lowest BCUT2D eigenvalue weighted by Crippen LogP contribution is -1.89. The van der Waals surface area contributed by atoms with E-state index in [2.05, 4.69) is 15.2 Å². The number of aromatic nitrogens is 3. The molecule has 0 saturated heterocycles. The van der Waals surface area contributed by atoms with Gasteiger partial charge in [0.05, 0.1) is 13.3 Å². The number of hydrogen-bond acceptors (Lipinski definition) is 5. The third-order valence-corrected chi connectivity index (χ3v) is 2.94. The highest BCUT2D eigenvalue weighted by Gasteiger charge is 2.12. The fourth-order valence-corrected chi connectivity index (χ4v) is 2.00. The van der Waals surface area contributed by atoms with Crippen molar-refractivity contribution >= 4 is 0 Å². The summed E-state index contributed by atoms with van der Waals surface area (Å²) in [6, 6.07) is 9.76. The lowest BCUT2D eigenvalue weighted by atomic mass is 10.0. The minimum atomic E-state index is 0.501. The van der Waals surface area contributed by atoms with Gasteiger partial charge in [0.15, 0.2) is 0 Å². The van der Waals surface area contributed by atoms with Crippen molar-refractivity contribution in [3.8, 4) is 28.3 Å². The molecule has 0 unspecified atom stereocenters. The Labute approximate surface area is 116 Å². The highest BCUT2D eigenvalue weighted by molar-refractivity contribution is 5.79. The molecule has 0 radical (unpaired) electrons. The quantitative estimate of drug-likeness (QED) is 0.729. The first-order valence-corrected chi connectivity index (χ1v) is 6.17. The first-order valence-electron chi connectivity index (χ1n) is 6.17. The molecule has 0 bridgehead atoms. The molecule has 0 amide bonds. The summed E-state index contributed by atoms with van der Waals surface area (Å²) in [5, 5.41) is 7.95. The first kappa shape index (κ1) is 12.3. The first-order chi connectivity index (χ1) is 9.78. The Kier molecular flexibility index (Phi) is 3.16. The summed E-state index contributed by atoms with van der Waals surface area (Å²) in [5.74, 6) is 1.75. The maximum Gasteiger partial charge on any atom is 0.248 e. The van der Waals surface area contributed by atoms with E-state index in [0.29, 0.717) is 17.5 Å². The average Bonchev–Trinajstić information content (AvgIpc) is 2.94. The van der Waals surface area contributed by atoms with Gasteiger partial charge in [-0.3, -0.25) is 4.98 Å². The fourth-order valence-electron chi connectivity index (χ4n) is 2.00. The van der Waals surface area contributed by atoms with Crippen LogP contribution in [0.4, 0.5) is 0 Å². The van der Waals surface area contributed by atoms with Gasteiger partial charge in [-0.2, -0.15) is 0 Å². The lowest BCUT2D eigenvalue weighted by molar-refractivity contribution is 0.413. The molecule has 0 atom stereocenters. The predicted octanol–water partition coefficient (Wildman–Crippen LogP) is 3.12. The third kappa shape index (κ3) is 2.25. The molecule has 0 aliphatic rings. The predicted molar refractivity (Wildman–Crippen MR) is 74.3 cm³/mol. The van der Waals surface area contributed by atoms with Crippen molar-refractivity contribution in [2.45, 2.75) is 6.92 Å². The summed E-state index contributed by atoms with van der Waals surface area (Å²) in [6.07, 6.45) is 3.45. The van der Waals surface area contributed by atoms with Gasteiger partial charge in [0.2, 0.25) is 11.8 Å².